The molecule has 0 unspecified atom stereocenters. The average Bonchev–Trinajstić information content (AvgIpc) is 3.34. The fraction of sp³-hybridized carbons (Fsp3) is 0.600. The summed E-state index contributed by atoms with van der Waals surface area (Å²) in [4.78, 5) is 28.8. The third-order valence-electron chi connectivity index (χ3n) is 7.32. The molecular weight excluding hydrogens is 406 g/mol. The first-order chi connectivity index (χ1) is 15.0. The number of anilines is 1. The zero-order valence-electron chi connectivity index (χ0n) is 19.5. The quantitative estimate of drug-likeness (QED) is 0.705. The van der Waals surface area contributed by atoms with Gasteiger partial charge < -0.3 is 25.0 Å². The Morgan fingerprint density at radius 2 is 1.81 bits per heavy atom. The predicted molar refractivity (Wildman–Crippen MR) is 122 cm³/mol. The van der Waals surface area contributed by atoms with Gasteiger partial charge in [0.2, 0.25) is 11.8 Å². The molecule has 1 aromatic rings. The summed E-state index contributed by atoms with van der Waals surface area (Å²) in [6, 6.07) is 7.49. The number of benzene rings is 1. The molecule has 1 spiro atoms. The lowest BCUT2D eigenvalue weighted by molar-refractivity contribution is -0.132. The maximum atomic E-state index is 13.5. The van der Waals surface area contributed by atoms with Crippen molar-refractivity contribution in [1.82, 2.24) is 10.6 Å². The summed E-state index contributed by atoms with van der Waals surface area (Å²) in [5, 5.41) is 6.93. The number of fused-ring (bicyclic) bond motifs is 1. The number of nitrogens with zero attached hydrogens (tertiary/aromatic N) is 1. The Kier molecular flexibility index (Phi) is 4.73. The molecule has 0 radical (unpaired) electrons. The number of amides is 2. The lowest BCUT2D eigenvalue weighted by Gasteiger charge is -2.47. The molecule has 7 heteroatoms. The van der Waals surface area contributed by atoms with Gasteiger partial charge in [0.1, 0.15) is 11.4 Å². The molecular formula is C25H33N3O4. The van der Waals surface area contributed by atoms with Gasteiger partial charge in [-0.2, -0.15) is 0 Å². The number of hydrogen-bond acceptors (Lipinski definition) is 5. The lowest BCUT2D eigenvalue weighted by Crippen LogP contribution is -2.62. The number of hydrogen-bond donors (Lipinski definition) is 2. The SMILES string of the molecule is COc1ccc(N2C[C@@]34C=C[C@@H](O3)[C@@H](C(=O)NC3CC(C)(C)NC(C)(C)C3)[C@H]4C2=O)cc1. The van der Waals surface area contributed by atoms with Crippen molar-refractivity contribution in [3.63, 3.8) is 0 Å². The Balaban J connectivity index is 1.36. The minimum Gasteiger partial charge on any atom is -0.497 e. The van der Waals surface area contributed by atoms with E-state index in [1.807, 2.05) is 36.4 Å². The standard InChI is InChI=1S/C25H33N3O4/c1-23(2)12-15(13-24(3,4)27-23)26-21(29)19-18-10-11-25(32-18)14-28(22(30)20(19)25)16-6-8-17(31-5)9-7-16/h6-11,15,18-20,27H,12-14H2,1-5H3,(H,26,29)/t18-,19-,20+,25-/m1/s1. The second-order valence-electron chi connectivity index (χ2n) is 11.0. The van der Waals surface area contributed by atoms with Gasteiger partial charge in [-0.1, -0.05) is 12.2 Å². The van der Waals surface area contributed by atoms with Crippen LogP contribution in [0.1, 0.15) is 40.5 Å². The third-order valence-corrected chi connectivity index (χ3v) is 7.32. The van der Waals surface area contributed by atoms with Crippen LogP contribution in [0.3, 0.4) is 0 Å². The van der Waals surface area contributed by atoms with Crippen LogP contribution in [0.25, 0.3) is 0 Å². The fourth-order valence-corrected chi connectivity index (χ4v) is 6.50. The van der Waals surface area contributed by atoms with Gasteiger partial charge in [-0.25, -0.2) is 0 Å². The van der Waals surface area contributed by atoms with E-state index >= 15 is 0 Å². The topological polar surface area (TPSA) is 79.9 Å². The van der Waals surface area contributed by atoms with E-state index in [1.165, 1.54) is 0 Å². The highest BCUT2D eigenvalue weighted by atomic mass is 16.5. The second-order valence-corrected chi connectivity index (χ2v) is 11.0. The van der Waals surface area contributed by atoms with E-state index in [0.29, 0.717) is 6.54 Å². The number of ether oxygens (including phenoxy) is 2. The number of piperidine rings is 1. The van der Waals surface area contributed by atoms with E-state index in [1.54, 1.807) is 12.0 Å². The summed E-state index contributed by atoms with van der Waals surface area (Å²) >= 11 is 0. The summed E-state index contributed by atoms with van der Waals surface area (Å²) in [6.07, 6.45) is 5.30. The molecule has 0 aromatic heterocycles. The number of nitrogens with one attached hydrogen (secondary N) is 2. The minimum atomic E-state index is -0.726. The van der Waals surface area contributed by atoms with E-state index in [4.69, 9.17) is 9.47 Å². The summed E-state index contributed by atoms with van der Waals surface area (Å²) in [6.45, 7) is 9.09. The van der Waals surface area contributed by atoms with Gasteiger partial charge in [0.05, 0.1) is 31.6 Å². The highest BCUT2D eigenvalue weighted by Crippen LogP contribution is 2.52. The zero-order valence-corrected chi connectivity index (χ0v) is 19.5. The molecule has 0 saturated carbocycles. The maximum absolute atomic E-state index is 13.5. The molecule has 4 aliphatic rings. The van der Waals surface area contributed by atoms with Crippen LogP contribution in [0.2, 0.25) is 0 Å². The van der Waals surface area contributed by atoms with Crippen molar-refractivity contribution >= 4 is 17.5 Å². The van der Waals surface area contributed by atoms with Crippen molar-refractivity contribution in [1.29, 1.82) is 0 Å². The second kappa shape index (κ2) is 7.06. The molecule has 32 heavy (non-hydrogen) atoms. The van der Waals surface area contributed by atoms with Crippen LogP contribution in [-0.4, -0.2) is 54.3 Å². The van der Waals surface area contributed by atoms with Crippen LogP contribution in [0, 0.1) is 11.8 Å². The van der Waals surface area contributed by atoms with Crippen LogP contribution in [0.4, 0.5) is 5.69 Å². The highest BCUT2D eigenvalue weighted by Gasteiger charge is 2.67. The summed E-state index contributed by atoms with van der Waals surface area (Å²) < 4.78 is 11.5. The normalized spacial score (nSPS) is 34.6. The molecule has 4 heterocycles. The van der Waals surface area contributed by atoms with Crippen LogP contribution in [0.15, 0.2) is 36.4 Å². The first kappa shape index (κ1) is 21.5. The Hall–Kier alpha value is -2.38. The fourth-order valence-electron chi connectivity index (χ4n) is 6.50. The number of carbonyl (C=O) groups is 2. The molecule has 4 atom stereocenters. The van der Waals surface area contributed by atoms with Crippen LogP contribution in [0.5, 0.6) is 5.75 Å². The molecule has 1 aromatic carbocycles. The molecule has 172 valence electrons. The monoisotopic (exact) mass is 439 g/mol. The smallest absolute Gasteiger partial charge is 0.234 e. The molecule has 4 aliphatic heterocycles. The van der Waals surface area contributed by atoms with Crippen molar-refractivity contribution < 1.29 is 19.1 Å². The van der Waals surface area contributed by atoms with Crippen LogP contribution in [-0.2, 0) is 14.3 Å². The first-order valence-corrected chi connectivity index (χ1v) is 11.4. The Morgan fingerprint density at radius 1 is 1.16 bits per heavy atom. The van der Waals surface area contributed by atoms with E-state index < -0.39 is 17.4 Å². The highest BCUT2D eigenvalue weighted by molar-refractivity contribution is 6.03. The Bertz CT molecular complexity index is 954. The van der Waals surface area contributed by atoms with Gasteiger partial charge in [-0.3, -0.25) is 9.59 Å². The first-order valence-electron chi connectivity index (χ1n) is 11.4. The molecule has 2 bridgehead atoms. The van der Waals surface area contributed by atoms with Crippen molar-refractivity contribution in [2.45, 2.75) is 69.4 Å². The summed E-state index contributed by atoms with van der Waals surface area (Å²) in [5.74, 6) is -0.386. The van der Waals surface area contributed by atoms with E-state index in [-0.39, 0.29) is 35.0 Å². The zero-order chi connectivity index (χ0) is 22.9. The number of carbonyl (C=O) groups excluding carboxylic acids is 2. The molecule has 2 amide bonds. The third kappa shape index (κ3) is 3.42. The van der Waals surface area contributed by atoms with Gasteiger partial charge in [-0.15, -0.1) is 0 Å². The maximum Gasteiger partial charge on any atom is 0.234 e. The number of methoxy groups -OCH3 is 1. The lowest BCUT2D eigenvalue weighted by atomic mass is 9.75. The summed E-state index contributed by atoms with van der Waals surface area (Å²) in [7, 11) is 1.62. The van der Waals surface area contributed by atoms with Crippen LogP contribution >= 0.6 is 0 Å². The van der Waals surface area contributed by atoms with Gasteiger partial charge in [-0.05, 0) is 64.8 Å². The van der Waals surface area contributed by atoms with Gasteiger partial charge in [0, 0.05) is 22.8 Å². The molecule has 0 aliphatic carbocycles. The predicted octanol–water partition coefficient (Wildman–Crippen LogP) is 2.41. The van der Waals surface area contributed by atoms with Crippen molar-refractivity contribution in [2.24, 2.45) is 11.8 Å². The van der Waals surface area contributed by atoms with E-state index in [0.717, 1.165) is 24.3 Å². The van der Waals surface area contributed by atoms with Crippen LogP contribution < -0.4 is 20.3 Å². The van der Waals surface area contributed by atoms with Crippen molar-refractivity contribution in [3.05, 3.63) is 36.4 Å². The Morgan fingerprint density at radius 3 is 2.44 bits per heavy atom. The van der Waals surface area contributed by atoms with Crippen molar-refractivity contribution in [2.75, 3.05) is 18.6 Å². The molecule has 2 N–H and O–H groups in total. The number of rotatable bonds is 4. The largest absolute Gasteiger partial charge is 0.497 e. The molecule has 7 nitrogen and oxygen atoms in total. The van der Waals surface area contributed by atoms with E-state index in [2.05, 4.69) is 38.3 Å². The van der Waals surface area contributed by atoms with E-state index in [9.17, 15) is 9.59 Å². The van der Waals surface area contributed by atoms with Gasteiger partial charge >= 0.3 is 0 Å². The molecule has 3 saturated heterocycles. The molecule has 3 fully saturated rings. The molecule has 5 rings (SSSR count). The van der Waals surface area contributed by atoms with Gasteiger partial charge in [0.15, 0.2) is 0 Å². The van der Waals surface area contributed by atoms with Gasteiger partial charge in [0.25, 0.3) is 0 Å². The van der Waals surface area contributed by atoms with Crippen molar-refractivity contribution in [3.8, 4) is 5.75 Å². The Labute approximate surface area is 189 Å². The minimum absolute atomic E-state index is 0.0480. The summed E-state index contributed by atoms with van der Waals surface area (Å²) in [5.41, 5.74) is -0.0714. The average molecular weight is 440 g/mol.